The number of sulfonamides is 1. The van der Waals surface area contributed by atoms with Gasteiger partial charge in [-0.05, 0) is 97.0 Å². The summed E-state index contributed by atoms with van der Waals surface area (Å²) >= 11 is 0. The van der Waals surface area contributed by atoms with Gasteiger partial charge in [-0.15, -0.1) is 0 Å². The number of hydrogen-bond acceptors (Lipinski definition) is 6. The molecule has 4 aliphatic rings. The normalized spacial score (nSPS) is 35.7. The first-order valence-corrected chi connectivity index (χ1v) is 18.3. The highest BCUT2D eigenvalue weighted by Gasteiger charge is 2.61. The van der Waals surface area contributed by atoms with Crippen molar-refractivity contribution in [3.05, 3.63) is 46.0 Å². The van der Waals surface area contributed by atoms with Crippen molar-refractivity contribution in [3.63, 3.8) is 0 Å². The molecular weight excluding hydrogens is 576 g/mol. The topological polar surface area (TPSA) is 116 Å². The van der Waals surface area contributed by atoms with Gasteiger partial charge in [0.2, 0.25) is 10.0 Å². The standard InChI is InChI=1S/C35H52N2O6S/c1-22(2)8-7-9-23(3)29-14-15-30-33-31(17-19-35(29,30)6)34(5)18-16-27(43-24(4)38)20-25(34)21-32(33)36-44(41,42)28-12-10-26(11-13-28)37(39)40/h10-13,21-23,27,29-33,36H,7-9,14-20H2,1-6H3/t23-,27+,29-,30+,31+,32+,33+,34+,35-/m1/s1. The zero-order valence-electron chi connectivity index (χ0n) is 27.4. The highest BCUT2D eigenvalue weighted by molar-refractivity contribution is 7.89. The lowest BCUT2D eigenvalue weighted by Crippen LogP contribution is -2.58. The van der Waals surface area contributed by atoms with E-state index in [-0.39, 0.29) is 45.4 Å². The van der Waals surface area contributed by atoms with E-state index in [1.807, 2.05) is 0 Å². The fourth-order valence-corrected chi connectivity index (χ4v) is 11.3. The lowest BCUT2D eigenvalue weighted by atomic mass is 9.46. The predicted molar refractivity (Wildman–Crippen MR) is 171 cm³/mol. The molecule has 3 fully saturated rings. The van der Waals surface area contributed by atoms with Crippen molar-refractivity contribution in [2.24, 2.45) is 46.3 Å². The Hall–Kier alpha value is -2.26. The molecule has 0 radical (unpaired) electrons. The smallest absolute Gasteiger partial charge is 0.302 e. The molecule has 0 spiro atoms. The Morgan fingerprint density at radius 2 is 1.75 bits per heavy atom. The number of benzene rings is 1. The molecule has 244 valence electrons. The number of carbonyl (C=O) groups is 1. The van der Waals surface area contributed by atoms with Crippen LogP contribution in [0, 0.1) is 56.5 Å². The van der Waals surface area contributed by atoms with Gasteiger partial charge in [0.1, 0.15) is 6.10 Å². The second-order valence-electron chi connectivity index (χ2n) is 15.3. The number of non-ortho nitro benzene ring substituents is 1. The minimum absolute atomic E-state index is 0.0365. The number of nitrogens with zero attached hydrogens (tertiary/aromatic N) is 1. The van der Waals surface area contributed by atoms with Crippen LogP contribution in [0.25, 0.3) is 0 Å². The summed E-state index contributed by atoms with van der Waals surface area (Å²) in [5.41, 5.74) is 1.17. The van der Waals surface area contributed by atoms with E-state index in [0.29, 0.717) is 36.0 Å². The van der Waals surface area contributed by atoms with Gasteiger partial charge < -0.3 is 4.74 Å². The Balaban J connectivity index is 1.49. The van der Waals surface area contributed by atoms with Crippen molar-refractivity contribution in [1.82, 2.24) is 4.72 Å². The highest BCUT2D eigenvalue weighted by atomic mass is 32.2. The first-order valence-electron chi connectivity index (χ1n) is 16.8. The van der Waals surface area contributed by atoms with Crippen LogP contribution in [0.15, 0.2) is 40.8 Å². The van der Waals surface area contributed by atoms with Crippen LogP contribution in [0.1, 0.15) is 106 Å². The van der Waals surface area contributed by atoms with Crippen LogP contribution in [0.4, 0.5) is 5.69 Å². The maximum atomic E-state index is 13.8. The second-order valence-corrected chi connectivity index (χ2v) is 17.0. The molecule has 0 unspecified atom stereocenters. The molecule has 1 aromatic carbocycles. The summed E-state index contributed by atoms with van der Waals surface area (Å²) in [5.74, 6) is 2.60. The molecule has 44 heavy (non-hydrogen) atoms. The summed E-state index contributed by atoms with van der Waals surface area (Å²) in [7, 11) is -3.94. The Morgan fingerprint density at radius 3 is 2.39 bits per heavy atom. The molecule has 1 N–H and O–H groups in total. The van der Waals surface area contributed by atoms with Crippen molar-refractivity contribution >= 4 is 21.7 Å². The monoisotopic (exact) mass is 628 g/mol. The molecule has 0 bridgehead atoms. The van der Waals surface area contributed by atoms with Gasteiger partial charge in [0.05, 0.1) is 9.82 Å². The molecule has 0 heterocycles. The van der Waals surface area contributed by atoms with Crippen LogP contribution in [0.3, 0.4) is 0 Å². The van der Waals surface area contributed by atoms with Crippen molar-refractivity contribution in [1.29, 1.82) is 0 Å². The summed E-state index contributed by atoms with van der Waals surface area (Å²) < 4.78 is 36.4. The fraction of sp³-hybridized carbons (Fsp3) is 0.743. The van der Waals surface area contributed by atoms with E-state index < -0.39 is 14.9 Å². The Bertz CT molecular complexity index is 1370. The molecule has 0 amide bonds. The van der Waals surface area contributed by atoms with E-state index in [2.05, 4.69) is 45.4 Å². The van der Waals surface area contributed by atoms with Crippen LogP contribution in [-0.2, 0) is 19.6 Å². The number of nitrogens with one attached hydrogen (secondary N) is 1. The molecule has 9 heteroatoms. The summed E-state index contributed by atoms with van der Waals surface area (Å²) in [4.78, 5) is 22.5. The second kappa shape index (κ2) is 12.5. The quantitative estimate of drug-likeness (QED) is 0.122. The van der Waals surface area contributed by atoms with Crippen LogP contribution >= 0.6 is 0 Å². The molecule has 3 saturated carbocycles. The van der Waals surface area contributed by atoms with E-state index in [0.717, 1.165) is 32.1 Å². The lowest BCUT2D eigenvalue weighted by molar-refractivity contribution is -0.384. The van der Waals surface area contributed by atoms with Crippen molar-refractivity contribution in [2.75, 3.05) is 0 Å². The van der Waals surface area contributed by atoms with Gasteiger partial charge in [0.25, 0.3) is 5.69 Å². The van der Waals surface area contributed by atoms with Crippen molar-refractivity contribution in [3.8, 4) is 0 Å². The van der Waals surface area contributed by atoms with Crippen LogP contribution in [0.2, 0.25) is 0 Å². The predicted octanol–water partition coefficient (Wildman–Crippen LogP) is 7.82. The number of nitro benzene ring substituents is 1. The number of esters is 1. The summed E-state index contributed by atoms with van der Waals surface area (Å²) in [5, 5.41) is 11.2. The van der Waals surface area contributed by atoms with Gasteiger partial charge in [-0.25, -0.2) is 13.1 Å². The number of fused-ring (bicyclic) bond motifs is 5. The Labute approximate surface area is 264 Å². The molecule has 0 aliphatic heterocycles. The van der Waals surface area contributed by atoms with E-state index in [4.69, 9.17) is 4.74 Å². The van der Waals surface area contributed by atoms with Gasteiger partial charge in [0.15, 0.2) is 0 Å². The van der Waals surface area contributed by atoms with Crippen molar-refractivity contribution < 1.29 is 22.9 Å². The average Bonchev–Trinajstić information content (AvgIpc) is 3.30. The van der Waals surface area contributed by atoms with E-state index in [9.17, 15) is 23.3 Å². The number of hydrogen-bond donors (Lipinski definition) is 1. The van der Waals surface area contributed by atoms with Crippen LogP contribution in [0.5, 0.6) is 0 Å². The molecule has 0 saturated heterocycles. The Kier molecular flexibility index (Phi) is 9.41. The van der Waals surface area contributed by atoms with Crippen LogP contribution < -0.4 is 4.72 Å². The SMILES string of the molecule is CC(=O)O[C@H]1CC[C@@]2(C)C(=C[C@H](NS(=O)(=O)c3ccc([N+](=O)[O-])cc3)[C@H]3[C@@H]4CC[C@H]([C@H](C)CCCC(C)C)[C@@]4(C)CC[C@@H]32)C1. The maximum absolute atomic E-state index is 13.8. The minimum atomic E-state index is -3.94. The van der Waals surface area contributed by atoms with Gasteiger partial charge in [0, 0.05) is 31.5 Å². The molecule has 9 atom stereocenters. The largest absolute Gasteiger partial charge is 0.462 e. The maximum Gasteiger partial charge on any atom is 0.302 e. The summed E-state index contributed by atoms with van der Waals surface area (Å²) in [6.45, 7) is 13.3. The molecule has 0 aromatic heterocycles. The first-order chi connectivity index (χ1) is 20.7. The molecule has 4 aliphatic carbocycles. The van der Waals surface area contributed by atoms with Gasteiger partial charge in [-0.3, -0.25) is 14.9 Å². The number of rotatable bonds is 10. The van der Waals surface area contributed by atoms with E-state index in [1.165, 1.54) is 62.4 Å². The van der Waals surface area contributed by atoms with Gasteiger partial charge >= 0.3 is 5.97 Å². The van der Waals surface area contributed by atoms with Gasteiger partial charge in [-0.2, -0.15) is 0 Å². The van der Waals surface area contributed by atoms with Crippen molar-refractivity contribution in [2.45, 2.75) is 123 Å². The average molecular weight is 629 g/mol. The molecule has 1 aromatic rings. The number of carbonyl (C=O) groups excluding carboxylic acids is 1. The first kappa shape index (κ1) is 33.1. The lowest BCUT2D eigenvalue weighted by Gasteiger charge is -2.60. The molecule has 5 rings (SSSR count). The van der Waals surface area contributed by atoms with E-state index in [1.54, 1.807) is 0 Å². The molecule has 8 nitrogen and oxygen atoms in total. The zero-order valence-corrected chi connectivity index (χ0v) is 28.2. The number of nitro groups is 1. The third-order valence-electron chi connectivity index (χ3n) is 12.3. The summed E-state index contributed by atoms with van der Waals surface area (Å²) in [6.07, 6.45) is 12.7. The minimum Gasteiger partial charge on any atom is -0.462 e. The fourth-order valence-electron chi connectivity index (χ4n) is 10.1. The van der Waals surface area contributed by atoms with E-state index >= 15 is 0 Å². The molecular formula is C35H52N2O6S. The third kappa shape index (κ3) is 6.24. The van der Waals surface area contributed by atoms with Gasteiger partial charge in [-0.1, -0.05) is 65.5 Å². The summed E-state index contributed by atoms with van der Waals surface area (Å²) in [6, 6.07) is 4.76. The zero-order chi connectivity index (χ0) is 32.0. The van der Waals surface area contributed by atoms with Crippen LogP contribution in [-0.4, -0.2) is 31.5 Å². The third-order valence-corrected chi connectivity index (χ3v) is 13.8. The highest BCUT2D eigenvalue weighted by Crippen LogP contribution is 2.67. The Morgan fingerprint density at radius 1 is 1.05 bits per heavy atom. The number of ether oxygens (including phenoxy) is 1.